The first-order chi connectivity index (χ1) is 7.56. The molecule has 1 aromatic rings. The molecular formula is C12H14ClN3. The Bertz CT molecular complexity index is 452. The molecule has 1 heterocycles. The van der Waals surface area contributed by atoms with E-state index >= 15 is 0 Å². The van der Waals surface area contributed by atoms with E-state index < -0.39 is 5.54 Å². The van der Waals surface area contributed by atoms with Gasteiger partial charge in [0.05, 0.1) is 6.07 Å². The molecule has 1 aliphatic rings. The van der Waals surface area contributed by atoms with Crippen LogP contribution in [-0.2, 0) is 0 Å². The van der Waals surface area contributed by atoms with Gasteiger partial charge in [0.1, 0.15) is 5.54 Å². The van der Waals surface area contributed by atoms with Crippen LogP contribution in [0.15, 0.2) is 18.2 Å². The molecule has 1 aliphatic heterocycles. The number of nitrogens with two attached hydrogens (primary N) is 1. The molecule has 0 bridgehead atoms. The zero-order valence-corrected chi connectivity index (χ0v) is 9.96. The highest BCUT2D eigenvalue weighted by molar-refractivity contribution is 6.31. The van der Waals surface area contributed by atoms with Crippen molar-refractivity contribution in [1.29, 1.82) is 5.26 Å². The second kappa shape index (κ2) is 3.97. The second-order valence-corrected chi connectivity index (χ2v) is 4.73. The fraction of sp³-hybridized carbons (Fsp3) is 0.417. The van der Waals surface area contributed by atoms with Crippen LogP contribution in [0.4, 0.5) is 5.69 Å². The SMILES string of the molecule is Cc1c(Cl)cccc1N1CCC(N)(C#N)C1. The van der Waals surface area contributed by atoms with Crippen LogP contribution in [0.2, 0.25) is 5.02 Å². The van der Waals surface area contributed by atoms with Gasteiger partial charge in [0.2, 0.25) is 0 Å². The van der Waals surface area contributed by atoms with Gasteiger partial charge in [0.25, 0.3) is 0 Å². The Labute approximate surface area is 100 Å². The first kappa shape index (κ1) is 11.3. The summed E-state index contributed by atoms with van der Waals surface area (Å²) < 4.78 is 0. The van der Waals surface area contributed by atoms with Gasteiger partial charge in [-0.05, 0) is 31.0 Å². The number of benzene rings is 1. The summed E-state index contributed by atoms with van der Waals surface area (Å²) in [6, 6.07) is 7.99. The highest BCUT2D eigenvalue weighted by atomic mass is 35.5. The Kier molecular flexibility index (Phi) is 2.79. The largest absolute Gasteiger partial charge is 0.368 e. The molecule has 2 N–H and O–H groups in total. The van der Waals surface area contributed by atoms with E-state index in [4.69, 9.17) is 22.6 Å². The quantitative estimate of drug-likeness (QED) is 0.811. The maximum absolute atomic E-state index is 8.99. The summed E-state index contributed by atoms with van der Waals surface area (Å²) in [4.78, 5) is 2.13. The van der Waals surface area contributed by atoms with Gasteiger partial charge in [0.15, 0.2) is 0 Å². The zero-order valence-electron chi connectivity index (χ0n) is 9.20. The topological polar surface area (TPSA) is 53.0 Å². The van der Waals surface area contributed by atoms with Gasteiger partial charge in [-0.1, -0.05) is 17.7 Å². The molecule has 0 spiro atoms. The third-order valence-corrected chi connectivity index (χ3v) is 3.51. The molecule has 1 saturated heterocycles. The van der Waals surface area contributed by atoms with Gasteiger partial charge in [-0.25, -0.2) is 0 Å². The number of hydrogen-bond acceptors (Lipinski definition) is 3. The molecule has 0 aromatic heterocycles. The summed E-state index contributed by atoms with van der Waals surface area (Å²) in [6.45, 7) is 3.37. The lowest BCUT2D eigenvalue weighted by atomic mass is 10.0. The van der Waals surface area contributed by atoms with Gasteiger partial charge < -0.3 is 10.6 Å². The van der Waals surface area contributed by atoms with Crippen molar-refractivity contribution in [2.75, 3.05) is 18.0 Å². The smallest absolute Gasteiger partial charge is 0.123 e. The molecule has 1 fully saturated rings. The predicted molar refractivity (Wildman–Crippen MR) is 65.6 cm³/mol. The fourth-order valence-corrected chi connectivity index (χ4v) is 2.24. The van der Waals surface area contributed by atoms with Crippen LogP contribution < -0.4 is 10.6 Å². The third kappa shape index (κ3) is 1.87. The summed E-state index contributed by atoms with van der Waals surface area (Å²) in [5.41, 5.74) is 7.35. The van der Waals surface area contributed by atoms with Crippen molar-refractivity contribution in [3.63, 3.8) is 0 Å². The molecule has 0 amide bonds. The standard InChI is InChI=1S/C12H14ClN3/c1-9-10(13)3-2-4-11(9)16-6-5-12(15,7-14)8-16/h2-4H,5-6,8,15H2,1H3. The molecule has 84 valence electrons. The maximum atomic E-state index is 8.99. The van der Waals surface area contributed by atoms with E-state index in [2.05, 4.69) is 11.0 Å². The molecule has 4 heteroatoms. The van der Waals surface area contributed by atoms with Crippen molar-refractivity contribution in [2.45, 2.75) is 18.9 Å². The predicted octanol–water partition coefficient (Wildman–Crippen LogP) is 2.08. The van der Waals surface area contributed by atoms with E-state index in [0.29, 0.717) is 13.0 Å². The number of nitrogens with zero attached hydrogens (tertiary/aromatic N) is 2. The Morgan fingerprint density at radius 3 is 2.94 bits per heavy atom. The third-order valence-electron chi connectivity index (χ3n) is 3.10. The highest BCUT2D eigenvalue weighted by Gasteiger charge is 2.35. The number of anilines is 1. The lowest BCUT2D eigenvalue weighted by molar-refractivity contribution is 0.606. The first-order valence-corrected chi connectivity index (χ1v) is 5.64. The molecule has 0 aliphatic carbocycles. The highest BCUT2D eigenvalue weighted by Crippen LogP contribution is 2.30. The lowest BCUT2D eigenvalue weighted by Crippen LogP contribution is -2.41. The normalized spacial score (nSPS) is 24.5. The van der Waals surface area contributed by atoms with E-state index in [9.17, 15) is 0 Å². The molecule has 2 rings (SSSR count). The molecule has 1 unspecified atom stereocenters. The van der Waals surface area contributed by atoms with Crippen LogP contribution in [0.3, 0.4) is 0 Å². The van der Waals surface area contributed by atoms with Crippen LogP contribution in [0, 0.1) is 18.3 Å². The Morgan fingerprint density at radius 1 is 1.56 bits per heavy atom. The Balaban J connectivity index is 2.28. The molecule has 0 radical (unpaired) electrons. The van der Waals surface area contributed by atoms with Crippen LogP contribution in [0.25, 0.3) is 0 Å². The van der Waals surface area contributed by atoms with Crippen LogP contribution in [0.1, 0.15) is 12.0 Å². The number of nitriles is 1. The van der Waals surface area contributed by atoms with Gasteiger partial charge in [-0.3, -0.25) is 0 Å². The molecule has 1 atom stereocenters. The van der Waals surface area contributed by atoms with Gasteiger partial charge in [-0.2, -0.15) is 5.26 Å². The van der Waals surface area contributed by atoms with E-state index in [1.54, 1.807) is 0 Å². The number of rotatable bonds is 1. The lowest BCUT2D eigenvalue weighted by Gasteiger charge is -2.22. The maximum Gasteiger partial charge on any atom is 0.123 e. The van der Waals surface area contributed by atoms with Gasteiger partial charge in [-0.15, -0.1) is 0 Å². The average Bonchev–Trinajstić information content (AvgIpc) is 2.66. The van der Waals surface area contributed by atoms with Crippen molar-refractivity contribution >= 4 is 17.3 Å². The minimum absolute atomic E-state index is 0.574. The van der Waals surface area contributed by atoms with Gasteiger partial charge >= 0.3 is 0 Å². The minimum Gasteiger partial charge on any atom is -0.368 e. The summed E-state index contributed by atoms with van der Waals surface area (Å²) >= 11 is 6.07. The van der Waals surface area contributed by atoms with Gasteiger partial charge in [0, 0.05) is 23.8 Å². The Hall–Kier alpha value is -1.24. The molecule has 0 saturated carbocycles. The van der Waals surface area contributed by atoms with Crippen molar-refractivity contribution in [1.82, 2.24) is 0 Å². The molecule has 1 aromatic carbocycles. The summed E-state index contributed by atoms with van der Waals surface area (Å²) in [7, 11) is 0. The van der Waals surface area contributed by atoms with Crippen LogP contribution in [0.5, 0.6) is 0 Å². The van der Waals surface area contributed by atoms with E-state index in [-0.39, 0.29) is 0 Å². The monoisotopic (exact) mass is 235 g/mol. The van der Waals surface area contributed by atoms with Crippen LogP contribution >= 0.6 is 11.6 Å². The molecule has 3 nitrogen and oxygen atoms in total. The van der Waals surface area contributed by atoms with E-state index in [1.165, 1.54) is 0 Å². The zero-order chi connectivity index (χ0) is 11.8. The van der Waals surface area contributed by atoms with E-state index in [1.807, 2.05) is 25.1 Å². The van der Waals surface area contributed by atoms with Crippen LogP contribution in [-0.4, -0.2) is 18.6 Å². The summed E-state index contributed by atoms with van der Waals surface area (Å²) in [5, 5.41) is 9.74. The minimum atomic E-state index is -0.714. The number of halogens is 1. The Morgan fingerprint density at radius 2 is 2.31 bits per heavy atom. The first-order valence-electron chi connectivity index (χ1n) is 5.26. The van der Waals surface area contributed by atoms with Crippen molar-refractivity contribution in [3.05, 3.63) is 28.8 Å². The summed E-state index contributed by atoms with van der Waals surface area (Å²) in [5.74, 6) is 0. The van der Waals surface area contributed by atoms with Crippen molar-refractivity contribution in [3.8, 4) is 6.07 Å². The molecule has 16 heavy (non-hydrogen) atoms. The fourth-order valence-electron chi connectivity index (χ4n) is 2.07. The summed E-state index contributed by atoms with van der Waals surface area (Å²) in [6.07, 6.45) is 0.704. The average molecular weight is 236 g/mol. The van der Waals surface area contributed by atoms with Crippen molar-refractivity contribution in [2.24, 2.45) is 5.73 Å². The van der Waals surface area contributed by atoms with Crippen molar-refractivity contribution < 1.29 is 0 Å². The van der Waals surface area contributed by atoms with E-state index in [0.717, 1.165) is 22.8 Å². The number of hydrogen-bond donors (Lipinski definition) is 1. The second-order valence-electron chi connectivity index (χ2n) is 4.32. The molecular weight excluding hydrogens is 222 g/mol.